The molecule has 0 N–H and O–H groups in total. The Bertz CT molecular complexity index is 291. The van der Waals surface area contributed by atoms with Gasteiger partial charge in [-0.3, -0.25) is 0 Å². The highest BCUT2D eigenvalue weighted by molar-refractivity contribution is 6.76. The van der Waals surface area contributed by atoms with Crippen molar-refractivity contribution in [1.29, 1.82) is 0 Å². The van der Waals surface area contributed by atoms with Crippen LogP contribution in [-0.2, 0) is 0 Å². The Hall–Kier alpha value is 0.354. The molecule has 1 spiro atoms. The van der Waals surface area contributed by atoms with Crippen molar-refractivity contribution >= 4 is 16.5 Å². The number of hydrogen-bond acceptors (Lipinski definition) is 2. The van der Waals surface area contributed by atoms with E-state index in [1.165, 1.54) is 31.5 Å². The third-order valence-corrected chi connectivity index (χ3v) is 13.1. The predicted octanol–water partition coefficient (Wildman–Crippen LogP) is 2.81. The SMILES string of the molecule is CN1CC2(CC[Si]1(C)C)CC[Si](C)(C)N2C. The smallest absolute Gasteiger partial charge is 0.122 e. The molecule has 0 radical (unpaired) electrons. The summed E-state index contributed by atoms with van der Waals surface area (Å²) in [6.45, 7) is 11.5. The highest BCUT2D eigenvalue weighted by Gasteiger charge is 2.53. The first kappa shape index (κ1) is 12.8. The van der Waals surface area contributed by atoms with E-state index >= 15 is 0 Å². The zero-order valence-corrected chi connectivity index (χ0v) is 13.9. The van der Waals surface area contributed by atoms with E-state index < -0.39 is 16.5 Å². The molecule has 16 heavy (non-hydrogen) atoms. The van der Waals surface area contributed by atoms with Gasteiger partial charge in [0, 0.05) is 12.1 Å². The van der Waals surface area contributed by atoms with Gasteiger partial charge in [-0.05, 0) is 39.0 Å². The second-order valence-electron chi connectivity index (χ2n) is 7.26. The van der Waals surface area contributed by atoms with Crippen molar-refractivity contribution in [3.8, 4) is 0 Å². The highest BCUT2D eigenvalue weighted by Crippen LogP contribution is 2.45. The summed E-state index contributed by atoms with van der Waals surface area (Å²) in [5, 5.41) is 0. The van der Waals surface area contributed by atoms with Crippen LogP contribution in [0.3, 0.4) is 0 Å². The van der Waals surface area contributed by atoms with Gasteiger partial charge in [-0.1, -0.05) is 26.2 Å². The van der Waals surface area contributed by atoms with E-state index in [2.05, 4.69) is 49.4 Å². The largest absolute Gasteiger partial charge is 0.325 e. The average Bonchev–Trinajstić information content (AvgIpc) is 2.39. The molecular weight excluding hydrogens is 228 g/mol. The summed E-state index contributed by atoms with van der Waals surface area (Å²) < 4.78 is 5.54. The first-order valence-electron chi connectivity index (χ1n) is 6.65. The van der Waals surface area contributed by atoms with Gasteiger partial charge >= 0.3 is 0 Å². The van der Waals surface area contributed by atoms with Crippen LogP contribution in [0.2, 0.25) is 38.3 Å². The molecule has 0 bridgehead atoms. The van der Waals surface area contributed by atoms with Crippen molar-refractivity contribution in [1.82, 2.24) is 9.13 Å². The third-order valence-electron chi connectivity index (χ3n) is 5.59. The average molecular weight is 257 g/mol. The number of nitrogens with zero attached hydrogens (tertiary/aromatic N) is 2. The fraction of sp³-hybridized carbons (Fsp3) is 1.00. The lowest BCUT2D eigenvalue weighted by Crippen LogP contribution is -2.64. The summed E-state index contributed by atoms with van der Waals surface area (Å²) >= 11 is 0. The molecule has 0 saturated carbocycles. The zero-order chi connectivity index (χ0) is 12.2. The quantitative estimate of drug-likeness (QED) is 0.615. The van der Waals surface area contributed by atoms with Gasteiger partial charge in [0.1, 0.15) is 16.5 Å². The van der Waals surface area contributed by atoms with Crippen molar-refractivity contribution in [2.24, 2.45) is 0 Å². The molecule has 0 amide bonds. The first-order chi connectivity index (χ1) is 7.20. The van der Waals surface area contributed by atoms with Crippen LogP contribution >= 0.6 is 0 Å². The van der Waals surface area contributed by atoms with E-state index in [0.29, 0.717) is 5.54 Å². The van der Waals surface area contributed by atoms with Crippen molar-refractivity contribution in [2.45, 2.75) is 56.7 Å². The molecule has 0 aromatic rings. The van der Waals surface area contributed by atoms with E-state index in [-0.39, 0.29) is 0 Å². The first-order valence-corrected chi connectivity index (χ1v) is 13.0. The van der Waals surface area contributed by atoms with Crippen LogP contribution in [-0.4, -0.2) is 51.8 Å². The Morgan fingerprint density at radius 2 is 1.38 bits per heavy atom. The minimum atomic E-state index is -1.06. The molecule has 2 aliphatic rings. The molecule has 2 fully saturated rings. The lowest BCUT2D eigenvalue weighted by atomic mass is 9.93. The van der Waals surface area contributed by atoms with Crippen LogP contribution in [0.25, 0.3) is 0 Å². The van der Waals surface area contributed by atoms with Gasteiger partial charge in [-0.15, -0.1) is 0 Å². The monoisotopic (exact) mass is 256 g/mol. The van der Waals surface area contributed by atoms with Gasteiger partial charge in [-0.25, -0.2) is 0 Å². The summed E-state index contributed by atoms with van der Waals surface area (Å²) in [7, 11) is 2.68. The molecule has 2 aliphatic heterocycles. The van der Waals surface area contributed by atoms with E-state index in [4.69, 9.17) is 0 Å². The lowest BCUT2D eigenvalue weighted by Gasteiger charge is -2.52. The second-order valence-corrected chi connectivity index (χ2v) is 16.9. The standard InChI is InChI=1S/C12H28N2Si2/c1-13-11-12(7-9-15(13,3)4)8-10-16(5,6)14(12)2/h7-11H2,1-6H3. The van der Waals surface area contributed by atoms with Crippen LogP contribution in [0.5, 0.6) is 0 Å². The van der Waals surface area contributed by atoms with E-state index in [1.54, 1.807) is 0 Å². The van der Waals surface area contributed by atoms with E-state index in [1.807, 2.05) is 0 Å². The Kier molecular flexibility index (Phi) is 2.94. The summed E-state index contributed by atoms with van der Waals surface area (Å²) in [5.74, 6) is 0. The van der Waals surface area contributed by atoms with Crippen molar-refractivity contribution < 1.29 is 0 Å². The zero-order valence-electron chi connectivity index (χ0n) is 11.9. The minimum absolute atomic E-state index is 0.549. The van der Waals surface area contributed by atoms with Crippen molar-refractivity contribution in [3.63, 3.8) is 0 Å². The Balaban J connectivity index is 2.18. The lowest BCUT2D eigenvalue weighted by molar-refractivity contribution is 0.164. The summed E-state index contributed by atoms with van der Waals surface area (Å²) in [6.07, 6.45) is 2.92. The Morgan fingerprint density at radius 3 is 1.75 bits per heavy atom. The maximum absolute atomic E-state index is 2.82. The van der Waals surface area contributed by atoms with Crippen molar-refractivity contribution in [2.75, 3.05) is 20.6 Å². The van der Waals surface area contributed by atoms with Crippen LogP contribution in [0.15, 0.2) is 0 Å². The molecular formula is C12H28N2Si2. The molecule has 94 valence electrons. The molecule has 0 aliphatic carbocycles. The fourth-order valence-corrected chi connectivity index (χ4v) is 8.63. The molecule has 2 nitrogen and oxygen atoms in total. The Morgan fingerprint density at radius 1 is 0.875 bits per heavy atom. The van der Waals surface area contributed by atoms with E-state index in [0.717, 1.165) is 0 Å². The normalized spacial score (nSPS) is 39.4. The van der Waals surface area contributed by atoms with Gasteiger partial charge < -0.3 is 9.13 Å². The van der Waals surface area contributed by atoms with Gasteiger partial charge in [0.25, 0.3) is 0 Å². The van der Waals surface area contributed by atoms with Gasteiger partial charge in [0.2, 0.25) is 0 Å². The molecule has 1 unspecified atom stereocenters. The summed E-state index contributed by atoms with van der Waals surface area (Å²) in [6, 6.07) is 2.98. The minimum Gasteiger partial charge on any atom is -0.325 e. The van der Waals surface area contributed by atoms with Gasteiger partial charge in [-0.2, -0.15) is 0 Å². The molecule has 0 aromatic heterocycles. The summed E-state index contributed by atoms with van der Waals surface area (Å²) in [5.41, 5.74) is 0.549. The molecule has 4 heteroatoms. The maximum Gasteiger partial charge on any atom is 0.122 e. The number of hydrogen-bond donors (Lipinski definition) is 0. The van der Waals surface area contributed by atoms with Crippen molar-refractivity contribution in [3.05, 3.63) is 0 Å². The fourth-order valence-electron chi connectivity index (χ4n) is 3.46. The topological polar surface area (TPSA) is 6.48 Å². The van der Waals surface area contributed by atoms with Crippen LogP contribution in [0, 0.1) is 0 Å². The predicted molar refractivity (Wildman–Crippen MR) is 76.9 cm³/mol. The van der Waals surface area contributed by atoms with Crippen LogP contribution in [0.4, 0.5) is 0 Å². The van der Waals surface area contributed by atoms with Gasteiger partial charge in [0.15, 0.2) is 0 Å². The van der Waals surface area contributed by atoms with Crippen LogP contribution in [0.1, 0.15) is 12.8 Å². The van der Waals surface area contributed by atoms with E-state index in [9.17, 15) is 0 Å². The van der Waals surface area contributed by atoms with Gasteiger partial charge in [0.05, 0.1) is 0 Å². The molecule has 2 heterocycles. The summed E-state index contributed by atoms with van der Waals surface area (Å²) in [4.78, 5) is 0. The molecule has 2 rings (SSSR count). The Labute approximate surface area is 103 Å². The molecule has 1 atom stereocenters. The molecule has 2 saturated heterocycles. The highest BCUT2D eigenvalue weighted by atomic mass is 28.3. The number of likely N-dealkylation sites (N-methyl/N-ethyl adjacent to an activating group) is 2. The van der Waals surface area contributed by atoms with Crippen LogP contribution < -0.4 is 0 Å². The second kappa shape index (κ2) is 3.67. The maximum atomic E-state index is 2.82. The molecule has 0 aromatic carbocycles. The third kappa shape index (κ3) is 1.83. The number of rotatable bonds is 0.